The molecule has 1 aliphatic carbocycles. The van der Waals surface area contributed by atoms with E-state index < -0.39 is 0 Å². The molecule has 0 saturated heterocycles. The van der Waals surface area contributed by atoms with Crippen molar-refractivity contribution in [2.24, 2.45) is 5.92 Å². The SMILES string of the molecule is Cc1nc(NCC(C)C)cc(NC2CC2)n1. The zero-order valence-corrected chi connectivity index (χ0v) is 10.2. The van der Waals surface area contributed by atoms with Gasteiger partial charge >= 0.3 is 0 Å². The summed E-state index contributed by atoms with van der Waals surface area (Å²) in [6, 6.07) is 2.63. The van der Waals surface area contributed by atoms with Crippen molar-refractivity contribution in [3.8, 4) is 0 Å². The average molecular weight is 220 g/mol. The van der Waals surface area contributed by atoms with Gasteiger partial charge < -0.3 is 10.6 Å². The van der Waals surface area contributed by atoms with Gasteiger partial charge in [-0.3, -0.25) is 0 Å². The lowest BCUT2D eigenvalue weighted by Gasteiger charge is -2.11. The van der Waals surface area contributed by atoms with Crippen molar-refractivity contribution in [1.82, 2.24) is 9.97 Å². The quantitative estimate of drug-likeness (QED) is 0.800. The normalized spacial score (nSPS) is 15.2. The largest absolute Gasteiger partial charge is 0.370 e. The van der Waals surface area contributed by atoms with Gasteiger partial charge in [0.25, 0.3) is 0 Å². The van der Waals surface area contributed by atoms with Crippen LogP contribution in [0.1, 0.15) is 32.5 Å². The molecule has 0 aliphatic heterocycles. The van der Waals surface area contributed by atoms with Crippen LogP contribution in [0.15, 0.2) is 6.07 Å². The summed E-state index contributed by atoms with van der Waals surface area (Å²) in [6.07, 6.45) is 2.52. The summed E-state index contributed by atoms with van der Waals surface area (Å²) in [5.41, 5.74) is 0. The maximum Gasteiger partial charge on any atom is 0.132 e. The van der Waals surface area contributed by atoms with Crippen LogP contribution in [0.4, 0.5) is 11.6 Å². The van der Waals surface area contributed by atoms with Gasteiger partial charge in [0.1, 0.15) is 17.5 Å². The minimum absolute atomic E-state index is 0.620. The molecule has 4 nitrogen and oxygen atoms in total. The van der Waals surface area contributed by atoms with E-state index in [-0.39, 0.29) is 0 Å². The first-order chi connectivity index (χ1) is 7.63. The van der Waals surface area contributed by atoms with E-state index in [0.717, 1.165) is 24.0 Å². The molecule has 4 heteroatoms. The van der Waals surface area contributed by atoms with E-state index in [2.05, 4.69) is 34.4 Å². The minimum atomic E-state index is 0.620. The number of hydrogen-bond acceptors (Lipinski definition) is 4. The van der Waals surface area contributed by atoms with Crippen LogP contribution in [0, 0.1) is 12.8 Å². The third-order valence-corrected chi connectivity index (χ3v) is 2.46. The standard InChI is InChI=1S/C12H20N4/c1-8(2)7-13-11-6-12(15-9(3)14-11)16-10-4-5-10/h6,8,10H,4-5,7H2,1-3H3,(H2,13,14,15,16). The Kier molecular flexibility index (Phi) is 3.27. The molecule has 16 heavy (non-hydrogen) atoms. The van der Waals surface area contributed by atoms with Crippen molar-refractivity contribution in [1.29, 1.82) is 0 Å². The molecule has 1 saturated carbocycles. The Morgan fingerprint density at radius 1 is 1.31 bits per heavy atom. The second-order valence-electron chi connectivity index (χ2n) is 4.88. The fourth-order valence-corrected chi connectivity index (χ4v) is 1.48. The maximum atomic E-state index is 4.38. The smallest absolute Gasteiger partial charge is 0.132 e. The van der Waals surface area contributed by atoms with Crippen molar-refractivity contribution in [2.75, 3.05) is 17.2 Å². The molecule has 1 aromatic heterocycles. The lowest BCUT2D eigenvalue weighted by Crippen LogP contribution is -2.11. The number of aromatic nitrogens is 2. The molecule has 1 heterocycles. The summed E-state index contributed by atoms with van der Waals surface area (Å²) in [5.74, 6) is 3.30. The third kappa shape index (κ3) is 3.36. The summed E-state index contributed by atoms with van der Waals surface area (Å²) in [7, 11) is 0. The molecule has 2 rings (SSSR count). The van der Waals surface area contributed by atoms with E-state index in [9.17, 15) is 0 Å². The van der Waals surface area contributed by atoms with Crippen molar-refractivity contribution in [3.05, 3.63) is 11.9 Å². The zero-order valence-electron chi connectivity index (χ0n) is 10.2. The lowest BCUT2D eigenvalue weighted by molar-refractivity contribution is 0.686. The molecule has 0 amide bonds. The Bertz CT molecular complexity index is 358. The van der Waals surface area contributed by atoms with Crippen molar-refractivity contribution in [2.45, 2.75) is 39.7 Å². The van der Waals surface area contributed by atoms with Crippen LogP contribution >= 0.6 is 0 Å². The van der Waals surface area contributed by atoms with E-state index in [1.54, 1.807) is 0 Å². The molecule has 1 aromatic rings. The van der Waals surface area contributed by atoms with E-state index >= 15 is 0 Å². The fourth-order valence-electron chi connectivity index (χ4n) is 1.48. The first kappa shape index (κ1) is 11.2. The van der Waals surface area contributed by atoms with Gasteiger partial charge in [0.15, 0.2) is 0 Å². The Morgan fingerprint density at radius 3 is 2.62 bits per heavy atom. The molecular formula is C12H20N4. The molecule has 0 radical (unpaired) electrons. The lowest BCUT2D eigenvalue weighted by atomic mass is 10.2. The van der Waals surface area contributed by atoms with Crippen molar-refractivity contribution >= 4 is 11.6 Å². The summed E-state index contributed by atoms with van der Waals surface area (Å²) < 4.78 is 0. The Labute approximate surface area is 96.9 Å². The van der Waals surface area contributed by atoms with Crippen molar-refractivity contribution in [3.63, 3.8) is 0 Å². The van der Waals surface area contributed by atoms with Gasteiger partial charge in [0.05, 0.1) is 0 Å². The highest BCUT2D eigenvalue weighted by Crippen LogP contribution is 2.24. The van der Waals surface area contributed by atoms with Crippen molar-refractivity contribution < 1.29 is 0 Å². The molecule has 0 aromatic carbocycles. The van der Waals surface area contributed by atoms with Gasteiger partial charge in [-0.15, -0.1) is 0 Å². The topological polar surface area (TPSA) is 49.8 Å². The first-order valence-electron chi connectivity index (χ1n) is 5.99. The monoisotopic (exact) mass is 220 g/mol. The summed E-state index contributed by atoms with van der Waals surface area (Å²) in [6.45, 7) is 7.24. The number of nitrogens with zero attached hydrogens (tertiary/aromatic N) is 2. The second-order valence-corrected chi connectivity index (χ2v) is 4.88. The van der Waals surface area contributed by atoms with Crippen LogP contribution in [0.5, 0.6) is 0 Å². The molecule has 0 bridgehead atoms. The van der Waals surface area contributed by atoms with Crippen LogP contribution in [-0.4, -0.2) is 22.6 Å². The molecule has 1 fully saturated rings. The van der Waals surface area contributed by atoms with E-state index in [1.807, 2.05) is 13.0 Å². The van der Waals surface area contributed by atoms with Gasteiger partial charge in [-0.05, 0) is 25.7 Å². The van der Waals surface area contributed by atoms with E-state index in [1.165, 1.54) is 12.8 Å². The number of anilines is 2. The zero-order chi connectivity index (χ0) is 11.5. The second kappa shape index (κ2) is 4.68. The van der Waals surface area contributed by atoms with Crippen LogP contribution in [0.2, 0.25) is 0 Å². The highest BCUT2D eigenvalue weighted by atomic mass is 15.1. The Balaban J connectivity index is 2.02. The van der Waals surface area contributed by atoms with Gasteiger partial charge in [0, 0.05) is 18.7 Å². The van der Waals surface area contributed by atoms with E-state index in [0.29, 0.717) is 12.0 Å². The third-order valence-electron chi connectivity index (χ3n) is 2.46. The molecule has 2 N–H and O–H groups in total. The minimum Gasteiger partial charge on any atom is -0.370 e. The number of aryl methyl sites for hydroxylation is 1. The highest BCUT2D eigenvalue weighted by Gasteiger charge is 2.21. The van der Waals surface area contributed by atoms with Crippen LogP contribution in [-0.2, 0) is 0 Å². The van der Waals surface area contributed by atoms with Gasteiger partial charge in [-0.1, -0.05) is 13.8 Å². The van der Waals surface area contributed by atoms with E-state index in [4.69, 9.17) is 0 Å². The molecule has 1 aliphatic rings. The number of rotatable bonds is 5. The predicted octanol–water partition coefficient (Wildman–Crippen LogP) is 2.43. The summed E-state index contributed by atoms with van der Waals surface area (Å²) in [5, 5.41) is 6.72. The van der Waals surface area contributed by atoms with Gasteiger partial charge in [0.2, 0.25) is 0 Å². The highest BCUT2D eigenvalue weighted by molar-refractivity contribution is 5.48. The molecule has 0 unspecified atom stereocenters. The number of nitrogens with one attached hydrogen (secondary N) is 2. The molecule has 0 spiro atoms. The summed E-state index contributed by atoms with van der Waals surface area (Å²) >= 11 is 0. The molecule has 88 valence electrons. The van der Waals surface area contributed by atoms with Gasteiger partial charge in [-0.2, -0.15) is 0 Å². The predicted molar refractivity (Wildman–Crippen MR) is 66.7 cm³/mol. The Morgan fingerprint density at radius 2 is 2.00 bits per heavy atom. The van der Waals surface area contributed by atoms with Crippen LogP contribution < -0.4 is 10.6 Å². The molecular weight excluding hydrogens is 200 g/mol. The van der Waals surface area contributed by atoms with Crippen LogP contribution in [0.25, 0.3) is 0 Å². The van der Waals surface area contributed by atoms with Crippen LogP contribution in [0.3, 0.4) is 0 Å². The first-order valence-corrected chi connectivity index (χ1v) is 5.99. The van der Waals surface area contributed by atoms with Gasteiger partial charge in [-0.25, -0.2) is 9.97 Å². The Hall–Kier alpha value is -1.32. The fraction of sp³-hybridized carbons (Fsp3) is 0.667. The average Bonchev–Trinajstić information content (AvgIpc) is 2.98. The maximum absolute atomic E-state index is 4.38. The molecule has 0 atom stereocenters. The summed E-state index contributed by atoms with van der Waals surface area (Å²) in [4.78, 5) is 8.75. The number of hydrogen-bond donors (Lipinski definition) is 2.